The molecule has 0 aromatic heterocycles. The van der Waals surface area contributed by atoms with Crippen molar-refractivity contribution in [2.75, 3.05) is 40.1 Å². The molecule has 9 nitrogen and oxygen atoms in total. The quantitative estimate of drug-likeness (QED) is 0.603. The molecule has 0 radical (unpaired) electrons. The molecular formula is C20H27N3O6S2. The number of rotatable bonds is 9. The Morgan fingerprint density at radius 1 is 1.00 bits per heavy atom. The van der Waals surface area contributed by atoms with Crippen molar-refractivity contribution in [1.82, 2.24) is 0 Å². The van der Waals surface area contributed by atoms with Gasteiger partial charge in [0.2, 0.25) is 26.0 Å². The lowest BCUT2D eigenvalue weighted by Crippen LogP contribution is -2.45. The minimum Gasteiger partial charge on any atom is -0.494 e. The number of hydrogen-bond acceptors (Lipinski definition) is 6. The van der Waals surface area contributed by atoms with Gasteiger partial charge in [-0.1, -0.05) is 6.07 Å². The Kier molecular flexibility index (Phi) is 7.55. The molecule has 2 aromatic rings. The molecule has 0 fully saturated rings. The Hall–Kier alpha value is -2.79. The number of carbonyl (C=O) groups is 1. The van der Waals surface area contributed by atoms with Crippen LogP contribution in [0.5, 0.6) is 5.75 Å². The molecular weight excluding hydrogens is 442 g/mol. The lowest BCUT2D eigenvalue weighted by Gasteiger charge is -2.28. The monoisotopic (exact) mass is 469 g/mol. The zero-order valence-corrected chi connectivity index (χ0v) is 19.7. The minimum absolute atomic E-state index is 0.319. The zero-order chi connectivity index (χ0) is 23.4. The van der Waals surface area contributed by atoms with Gasteiger partial charge in [-0.3, -0.25) is 13.4 Å². The van der Waals surface area contributed by atoms with E-state index >= 15 is 0 Å². The first-order valence-electron chi connectivity index (χ1n) is 9.41. The fraction of sp³-hybridized carbons (Fsp3) is 0.350. The van der Waals surface area contributed by atoms with Crippen LogP contribution >= 0.6 is 0 Å². The molecule has 2 aromatic carbocycles. The summed E-state index contributed by atoms with van der Waals surface area (Å²) < 4.78 is 55.8. The van der Waals surface area contributed by atoms with E-state index in [9.17, 15) is 21.6 Å². The Labute approximate surface area is 183 Å². The van der Waals surface area contributed by atoms with E-state index in [1.807, 2.05) is 6.92 Å². The Bertz CT molecular complexity index is 1130. The van der Waals surface area contributed by atoms with E-state index in [1.165, 1.54) is 20.0 Å². The van der Waals surface area contributed by atoms with Gasteiger partial charge in [0.1, 0.15) is 11.8 Å². The summed E-state index contributed by atoms with van der Waals surface area (Å²) in [6.45, 7) is 3.78. The van der Waals surface area contributed by atoms with Gasteiger partial charge in [0.15, 0.2) is 0 Å². The maximum absolute atomic E-state index is 12.8. The van der Waals surface area contributed by atoms with Gasteiger partial charge in [-0.15, -0.1) is 0 Å². The van der Waals surface area contributed by atoms with E-state index in [2.05, 4.69) is 5.32 Å². The lowest BCUT2D eigenvalue weighted by atomic mass is 10.2. The molecule has 0 aliphatic heterocycles. The average Bonchev–Trinajstić information content (AvgIpc) is 2.67. The Morgan fingerprint density at radius 2 is 1.61 bits per heavy atom. The van der Waals surface area contributed by atoms with Gasteiger partial charge < -0.3 is 10.1 Å². The van der Waals surface area contributed by atoms with Crippen LogP contribution < -0.4 is 18.7 Å². The van der Waals surface area contributed by atoms with E-state index in [4.69, 9.17) is 4.74 Å². The molecule has 11 heteroatoms. The predicted octanol–water partition coefficient (Wildman–Crippen LogP) is 2.27. The van der Waals surface area contributed by atoms with Crippen LogP contribution in [-0.4, -0.2) is 55.0 Å². The summed E-state index contributed by atoms with van der Waals surface area (Å²) in [5, 5.41) is 2.65. The third-order valence-corrected chi connectivity index (χ3v) is 6.91. The molecule has 0 spiro atoms. The van der Waals surface area contributed by atoms with E-state index < -0.39 is 32.0 Å². The van der Waals surface area contributed by atoms with Crippen molar-refractivity contribution >= 4 is 43.0 Å². The number of anilines is 3. The minimum atomic E-state index is -3.78. The maximum Gasteiger partial charge on any atom is 0.247 e. The van der Waals surface area contributed by atoms with Crippen molar-refractivity contribution in [3.8, 4) is 5.75 Å². The number of hydrogen-bond donors (Lipinski definition) is 1. The van der Waals surface area contributed by atoms with E-state index in [0.717, 1.165) is 21.1 Å². The normalized spacial score (nSPS) is 12.7. The van der Waals surface area contributed by atoms with Crippen LogP contribution in [-0.2, 0) is 24.8 Å². The van der Waals surface area contributed by atoms with Gasteiger partial charge in [0, 0.05) is 12.7 Å². The highest BCUT2D eigenvalue weighted by atomic mass is 32.2. The lowest BCUT2D eigenvalue weighted by molar-refractivity contribution is -0.116. The van der Waals surface area contributed by atoms with Crippen molar-refractivity contribution < 1.29 is 26.4 Å². The fourth-order valence-electron chi connectivity index (χ4n) is 2.88. The van der Waals surface area contributed by atoms with E-state index in [-0.39, 0.29) is 0 Å². The molecule has 0 saturated carbocycles. The summed E-state index contributed by atoms with van der Waals surface area (Å²) in [6.07, 6.45) is 2.09. The second kappa shape index (κ2) is 9.56. The molecule has 1 N–H and O–H groups in total. The van der Waals surface area contributed by atoms with Gasteiger partial charge in [-0.05, 0) is 56.3 Å². The second-order valence-corrected chi connectivity index (χ2v) is 10.8. The summed E-state index contributed by atoms with van der Waals surface area (Å²) in [7, 11) is -5.85. The van der Waals surface area contributed by atoms with Gasteiger partial charge in [0.25, 0.3) is 0 Å². The highest BCUT2D eigenvalue weighted by Crippen LogP contribution is 2.25. The predicted molar refractivity (Wildman–Crippen MR) is 123 cm³/mol. The number of carbonyl (C=O) groups excluding carboxylic acids is 1. The summed E-state index contributed by atoms with van der Waals surface area (Å²) >= 11 is 0. The standard InChI is InChI=1S/C20H27N3O6S2/c1-6-29-19-12-10-17(11-13-19)23(31(5,27)28)15(2)20(24)21-16-8-7-9-18(14-16)22(3)30(4,25)26/h7-15H,6H2,1-5H3,(H,21,24)/t15-/m1/s1. The third kappa shape index (κ3) is 6.34. The van der Waals surface area contributed by atoms with Crippen molar-refractivity contribution in [3.63, 3.8) is 0 Å². The molecule has 0 aliphatic carbocycles. The molecule has 170 valence electrons. The number of ether oxygens (including phenoxy) is 1. The SMILES string of the molecule is CCOc1ccc(N([C@H](C)C(=O)Nc2cccc(N(C)S(C)(=O)=O)c2)S(C)(=O)=O)cc1. The van der Waals surface area contributed by atoms with Crippen LogP contribution in [0.4, 0.5) is 17.1 Å². The van der Waals surface area contributed by atoms with Crippen LogP contribution in [0.15, 0.2) is 48.5 Å². The van der Waals surface area contributed by atoms with Gasteiger partial charge in [0.05, 0.1) is 30.5 Å². The van der Waals surface area contributed by atoms with Crippen molar-refractivity contribution in [1.29, 1.82) is 0 Å². The summed E-state index contributed by atoms with van der Waals surface area (Å²) in [4.78, 5) is 12.8. The fourth-order valence-corrected chi connectivity index (χ4v) is 4.55. The van der Waals surface area contributed by atoms with Crippen LogP contribution in [0.1, 0.15) is 13.8 Å². The van der Waals surface area contributed by atoms with E-state index in [0.29, 0.717) is 29.4 Å². The largest absolute Gasteiger partial charge is 0.494 e. The number of benzene rings is 2. The number of nitrogens with zero attached hydrogens (tertiary/aromatic N) is 2. The molecule has 1 amide bonds. The molecule has 0 bridgehead atoms. The summed E-state index contributed by atoms with van der Waals surface area (Å²) in [5.74, 6) is 0.0158. The summed E-state index contributed by atoms with van der Waals surface area (Å²) in [5.41, 5.74) is 1.02. The zero-order valence-electron chi connectivity index (χ0n) is 18.1. The van der Waals surface area contributed by atoms with Gasteiger partial charge in [-0.2, -0.15) is 0 Å². The number of nitrogens with one attached hydrogen (secondary N) is 1. The topological polar surface area (TPSA) is 113 Å². The number of amides is 1. The number of sulfonamides is 2. The highest BCUT2D eigenvalue weighted by molar-refractivity contribution is 7.92. The second-order valence-electron chi connectivity index (χ2n) is 6.93. The third-order valence-electron chi connectivity index (χ3n) is 4.47. The average molecular weight is 470 g/mol. The van der Waals surface area contributed by atoms with Crippen LogP contribution in [0.3, 0.4) is 0 Å². The smallest absolute Gasteiger partial charge is 0.247 e. The first-order chi connectivity index (χ1) is 14.3. The van der Waals surface area contributed by atoms with Crippen molar-refractivity contribution in [2.45, 2.75) is 19.9 Å². The molecule has 0 saturated heterocycles. The molecule has 1 atom stereocenters. The first kappa shape index (κ1) is 24.5. The Balaban J connectivity index is 2.28. The van der Waals surface area contributed by atoms with Crippen LogP contribution in [0, 0.1) is 0 Å². The molecule has 31 heavy (non-hydrogen) atoms. The summed E-state index contributed by atoms with van der Waals surface area (Å²) in [6, 6.07) is 11.6. The van der Waals surface area contributed by atoms with Crippen LogP contribution in [0.2, 0.25) is 0 Å². The van der Waals surface area contributed by atoms with Crippen molar-refractivity contribution in [3.05, 3.63) is 48.5 Å². The van der Waals surface area contributed by atoms with Gasteiger partial charge >= 0.3 is 0 Å². The Morgan fingerprint density at radius 3 is 2.13 bits per heavy atom. The van der Waals surface area contributed by atoms with Crippen LogP contribution in [0.25, 0.3) is 0 Å². The van der Waals surface area contributed by atoms with E-state index in [1.54, 1.807) is 42.5 Å². The van der Waals surface area contributed by atoms with Crippen molar-refractivity contribution in [2.24, 2.45) is 0 Å². The maximum atomic E-state index is 12.8. The van der Waals surface area contributed by atoms with Gasteiger partial charge in [-0.25, -0.2) is 16.8 Å². The highest BCUT2D eigenvalue weighted by Gasteiger charge is 2.29. The molecule has 0 heterocycles. The molecule has 0 unspecified atom stereocenters. The molecule has 0 aliphatic rings. The molecule has 2 rings (SSSR count). The first-order valence-corrected chi connectivity index (χ1v) is 13.1.